The number of carbonyl (C=O) groups is 2. The summed E-state index contributed by atoms with van der Waals surface area (Å²) in [5, 5.41) is 2.69. The van der Waals surface area contributed by atoms with E-state index < -0.39 is 15.9 Å². The second-order valence-corrected chi connectivity index (χ2v) is 10.1. The molecule has 0 aromatic heterocycles. The van der Waals surface area contributed by atoms with Gasteiger partial charge in [0.1, 0.15) is 23.9 Å². The standard InChI is InChI=1S/C24H28N2O7S/c1-31-21-9-6-18(16-23(21)34(29,30)26-11-3-2-4-12-26)25-24(28)10-7-19(27)17-5-8-20-22(15-17)33-14-13-32-20/h5-6,8-9,15-16H,2-4,7,10-14H2,1H3,(H,25,28). The Labute approximate surface area is 199 Å². The van der Waals surface area contributed by atoms with E-state index in [4.69, 9.17) is 14.2 Å². The van der Waals surface area contributed by atoms with Crippen molar-refractivity contribution in [2.24, 2.45) is 0 Å². The summed E-state index contributed by atoms with van der Waals surface area (Å²) in [6.45, 7) is 1.81. The van der Waals surface area contributed by atoms with Crippen LogP contribution in [0.5, 0.6) is 17.2 Å². The fourth-order valence-electron chi connectivity index (χ4n) is 4.01. The van der Waals surface area contributed by atoms with Crippen LogP contribution in [0.3, 0.4) is 0 Å². The Morgan fingerprint density at radius 3 is 2.44 bits per heavy atom. The summed E-state index contributed by atoms with van der Waals surface area (Å²) in [5.74, 6) is 0.738. The first-order chi connectivity index (χ1) is 16.4. The average molecular weight is 489 g/mol. The summed E-state index contributed by atoms with van der Waals surface area (Å²) in [4.78, 5) is 25.1. The normalized spacial score (nSPS) is 16.0. The number of carbonyl (C=O) groups excluding carboxylic acids is 2. The summed E-state index contributed by atoms with van der Waals surface area (Å²) >= 11 is 0. The van der Waals surface area contributed by atoms with Crippen LogP contribution in [0.15, 0.2) is 41.3 Å². The molecule has 1 amide bonds. The average Bonchev–Trinajstić information content (AvgIpc) is 2.87. The van der Waals surface area contributed by atoms with Crippen molar-refractivity contribution in [3.63, 3.8) is 0 Å². The number of hydrogen-bond acceptors (Lipinski definition) is 7. The number of nitrogens with one attached hydrogen (secondary N) is 1. The molecule has 4 rings (SSSR count). The SMILES string of the molecule is COc1ccc(NC(=O)CCC(=O)c2ccc3c(c2)OCCO3)cc1S(=O)(=O)N1CCCCC1. The molecule has 0 saturated carbocycles. The van der Waals surface area contributed by atoms with Crippen LogP contribution in [-0.2, 0) is 14.8 Å². The number of amides is 1. The lowest BCUT2D eigenvalue weighted by Gasteiger charge is -2.26. The fraction of sp³-hybridized carbons (Fsp3) is 0.417. The Balaban J connectivity index is 1.41. The minimum absolute atomic E-state index is 0.000561. The van der Waals surface area contributed by atoms with Gasteiger partial charge in [-0.1, -0.05) is 6.42 Å². The summed E-state index contributed by atoms with van der Waals surface area (Å²) < 4.78 is 44.0. The van der Waals surface area contributed by atoms with Gasteiger partial charge in [0.2, 0.25) is 15.9 Å². The van der Waals surface area contributed by atoms with Crippen molar-refractivity contribution in [2.75, 3.05) is 38.7 Å². The zero-order chi connectivity index (χ0) is 24.1. The fourth-order valence-corrected chi connectivity index (χ4v) is 5.71. The van der Waals surface area contributed by atoms with E-state index in [-0.39, 0.29) is 29.3 Å². The Morgan fingerprint density at radius 1 is 0.971 bits per heavy atom. The van der Waals surface area contributed by atoms with Gasteiger partial charge < -0.3 is 19.5 Å². The quantitative estimate of drug-likeness (QED) is 0.568. The first-order valence-electron chi connectivity index (χ1n) is 11.3. The molecule has 1 N–H and O–H groups in total. The van der Waals surface area contributed by atoms with Crippen LogP contribution in [0.25, 0.3) is 0 Å². The largest absolute Gasteiger partial charge is 0.495 e. The van der Waals surface area contributed by atoms with Gasteiger partial charge in [-0.25, -0.2) is 8.42 Å². The van der Waals surface area contributed by atoms with E-state index in [1.165, 1.54) is 23.5 Å². The Bertz CT molecular complexity index is 1170. The highest BCUT2D eigenvalue weighted by molar-refractivity contribution is 7.89. The molecular weight excluding hydrogens is 460 g/mol. The van der Waals surface area contributed by atoms with E-state index >= 15 is 0 Å². The molecule has 0 unspecified atom stereocenters. The van der Waals surface area contributed by atoms with Crippen LogP contribution in [0.4, 0.5) is 5.69 Å². The predicted octanol–water partition coefficient (Wildman–Crippen LogP) is 3.24. The zero-order valence-corrected chi connectivity index (χ0v) is 19.9. The van der Waals surface area contributed by atoms with Crippen LogP contribution in [0.2, 0.25) is 0 Å². The molecular formula is C24H28N2O7S. The number of sulfonamides is 1. The number of anilines is 1. The van der Waals surface area contributed by atoms with Gasteiger partial charge in [0.25, 0.3) is 0 Å². The summed E-state index contributed by atoms with van der Waals surface area (Å²) in [6.07, 6.45) is 2.59. The van der Waals surface area contributed by atoms with E-state index in [1.54, 1.807) is 24.3 Å². The van der Waals surface area contributed by atoms with Crippen LogP contribution >= 0.6 is 0 Å². The second kappa shape index (κ2) is 10.4. The molecule has 34 heavy (non-hydrogen) atoms. The van der Waals surface area contributed by atoms with Crippen molar-refractivity contribution in [3.05, 3.63) is 42.0 Å². The number of ketones is 1. The van der Waals surface area contributed by atoms with Crippen LogP contribution in [0.1, 0.15) is 42.5 Å². The summed E-state index contributed by atoms with van der Waals surface area (Å²) in [5.41, 5.74) is 0.768. The van der Waals surface area contributed by atoms with Crippen LogP contribution in [0, 0.1) is 0 Å². The number of nitrogens with zero attached hydrogens (tertiary/aromatic N) is 1. The number of rotatable bonds is 8. The smallest absolute Gasteiger partial charge is 0.246 e. The van der Waals surface area contributed by atoms with Gasteiger partial charge in [-0.15, -0.1) is 0 Å². The number of ether oxygens (including phenoxy) is 3. The van der Waals surface area contributed by atoms with E-state index in [0.29, 0.717) is 49.1 Å². The van der Waals surface area contributed by atoms with Gasteiger partial charge in [0.15, 0.2) is 17.3 Å². The van der Waals surface area contributed by atoms with Gasteiger partial charge in [-0.05, 0) is 49.2 Å². The lowest BCUT2D eigenvalue weighted by atomic mass is 10.1. The van der Waals surface area contributed by atoms with Crippen molar-refractivity contribution in [2.45, 2.75) is 37.0 Å². The Morgan fingerprint density at radius 2 is 1.71 bits per heavy atom. The molecule has 0 aliphatic carbocycles. The molecule has 0 radical (unpaired) electrons. The maximum Gasteiger partial charge on any atom is 0.246 e. The molecule has 2 aromatic rings. The van der Waals surface area contributed by atoms with Crippen LogP contribution in [-0.4, -0.2) is 57.8 Å². The zero-order valence-electron chi connectivity index (χ0n) is 19.0. The first-order valence-corrected chi connectivity index (χ1v) is 12.7. The molecule has 9 nitrogen and oxygen atoms in total. The molecule has 2 heterocycles. The highest BCUT2D eigenvalue weighted by Crippen LogP contribution is 2.32. The lowest BCUT2D eigenvalue weighted by molar-refractivity contribution is -0.116. The van der Waals surface area contributed by atoms with Crippen molar-refractivity contribution in [1.82, 2.24) is 4.31 Å². The highest BCUT2D eigenvalue weighted by atomic mass is 32.2. The van der Waals surface area contributed by atoms with Crippen molar-refractivity contribution < 1.29 is 32.2 Å². The number of Topliss-reactive ketones (excluding diaryl/α,β-unsaturated/α-hetero) is 1. The Hall–Kier alpha value is -3.11. The molecule has 0 bridgehead atoms. The molecule has 182 valence electrons. The molecule has 1 fully saturated rings. The Kier molecular flexibility index (Phi) is 7.38. The van der Waals surface area contributed by atoms with Gasteiger partial charge in [0.05, 0.1) is 7.11 Å². The minimum atomic E-state index is -3.75. The van der Waals surface area contributed by atoms with E-state index in [2.05, 4.69) is 5.32 Å². The van der Waals surface area contributed by atoms with Crippen molar-refractivity contribution >= 4 is 27.4 Å². The third-order valence-electron chi connectivity index (χ3n) is 5.82. The molecule has 10 heteroatoms. The van der Waals surface area contributed by atoms with Gasteiger partial charge >= 0.3 is 0 Å². The van der Waals surface area contributed by atoms with Gasteiger partial charge in [0, 0.05) is 37.2 Å². The van der Waals surface area contributed by atoms with Crippen molar-refractivity contribution in [3.8, 4) is 17.2 Å². The second-order valence-electron chi connectivity index (χ2n) is 8.16. The molecule has 2 aliphatic rings. The number of piperidine rings is 1. The number of benzene rings is 2. The third kappa shape index (κ3) is 5.34. The lowest BCUT2D eigenvalue weighted by Crippen LogP contribution is -2.35. The topological polar surface area (TPSA) is 111 Å². The summed E-state index contributed by atoms with van der Waals surface area (Å²) in [6, 6.07) is 9.46. The third-order valence-corrected chi connectivity index (χ3v) is 7.74. The monoisotopic (exact) mass is 488 g/mol. The summed E-state index contributed by atoms with van der Waals surface area (Å²) in [7, 11) is -2.34. The van der Waals surface area contributed by atoms with E-state index in [0.717, 1.165) is 19.3 Å². The number of hydrogen-bond donors (Lipinski definition) is 1. The first kappa shape index (κ1) is 24.0. The van der Waals surface area contributed by atoms with Crippen LogP contribution < -0.4 is 19.5 Å². The molecule has 0 spiro atoms. The maximum absolute atomic E-state index is 13.1. The predicted molar refractivity (Wildman–Crippen MR) is 125 cm³/mol. The number of methoxy groups -OCH3 is 1. The van der Waals surface area contributed by atoms with E-state index in [9.17, 15) is 18.0 Å². The molecule has 1 saturated heterocycles. The van der Waals surface area contributed by atoms with Gasteiger partial charge in [-0.2, -0.15) is 4.31 Å². The van der Waals surface area contributed by atoms with Crippen molar-refractivity contribution in [1.29, 1.82) is 0 Å². The van der Waals surface area contributed by atoms with E-state index in [1.807, 2.05) is 0 Å². The molecule has 2 aliphatic heterocycles. The van der Waals surface area contributed by atoms with Gasteiger partial charge in [-0.3, -0.25) is 9.59 Å². The molecule has 2 aromatic carbocycles. The maximum atomic E-state index is 13.1. The molecule has 0 atom stereocenters. The minimum Gasteiger partial charge on any atom is -0.495 e. The number of fused-ring (bicyclic) bond motifs is 1. The highest BCUT2D eigenvalue weighted by Gasteiger charge is 2.29.